The maximum Gasteiger partial charge on any atom is 0.251 e. The highest BCUT2D eigenvalue weighted by Gasteiger charge is 2.26. The number of unbranched alkanes of at least 4 members (excludes halogenated alkanes) is 8. The van der Waals surface area contributed by atoms with Crippen LogP contribution in [0.1, 0.15) is 78.1 Å². The highest BCUT2D eigenvalue weighted by Crippen LogP contribution is 2.30. The van der Waals surface area contributed by atoms with Crippen molar-refractivity contribution in [3.63, 3.8) is 0 Å². The zero-order valence-corrected chi connectivity index (χ0v) is 14.3. The van der Waals surface area contributed by atoms with Gasteiger partial charge in [-0.2, -0.15) is 0 Å². The fraction of sp³-hybridized carbons (Fsp3) is 1.00. The average Bonchev–Trinajstić information content (AvgIpc) is 2.28. The van der Waals surface area contributed by atoms with Crippen LogP contribution in [0.4, 0.5) is 0 Å². The molecule has 104 valence electrons. The van der Waals surface area contributed by atoms with Crippen molar-refractivity contribution in [3.8, 4) is 0 Å². The van der Waals surface area contributed by atoms with Crippen LogP contribution in [0.25, 0.3) is 0 Å². The molecule has 0 unspecified atom stereocenters. The standard InChI is InChI=1S/C14H30Cl2Si/c1-3-5-7-9-11-13-17(15,16)14-12-10-8-6-4-2/h3-14H2,1-2H3. The Morgan fingerprint density at radius 2 is 0.941 bits per heavy atom. The lowest BCUT2D eigenvalue weighted by atomic mass is 10.2. The number of halogens is 2. The molecule has 0 fully saturated rings. The summed E-state index contributed by atoms with van der Waals surface area (Å²) < 4.78 is 0. The normalized spacial score (nSPS) is 12.0. The van der Waals surface area contributed by atoms with Crippen molar-refractivity contribution in [3.05, 3.63) is 0 Å². The fourth-order valence-electron chi connectivity index (χ4n) is 2.10. The van der Waals surface area contributed by atoms with E-state index in [1.165, 1.54) is 64.2 Å². The topological polar surface area (TPSA) is 0 Å². The summed E-state index contributed by atoms with van der Waals surface area (Å²) in [6.45, 7) is 2.62. The molecule has 0 rings (SSSR count). The predicted molar refractivity (Wildman–Crippen MR) is 84.6 cm³/mol. The van der Waals surface area contributed by atoms with Crippen LogP contribution in [0.5, 0.6) is 0 Å². The molecule has 0 saturated heterocycles. The van der Waals surface area contributed by atoms with Crippen molar-refractivity contribution in [1.29, 1.82) is 0 Å². The molecule has 0 amide bonds. The van der Waals surface area contributed by atoms with E-state index in [0.717, 1.165) is 12.1 Å². The van der Waals surface area contributed by atoms with Gasteiger partial charge in [0.05, 0.1) is 0 Å². The summed E-state index contributed by atoms with van der Waals surface area (Å²) >= 11 is 12.9. The van der Waals surface area contributed by atoms with E-state index in [0.29, 0.717) is 0 Å². The van der Waals surface area contributed by atoms with E-state index in [2.05, 4.69) is 13.8 Å². The van der Waals surface area contributed by atoms with Gasteiger partial charge in [-0.25, -0.2) is 0 Å². The lowest BCUT2D eigenvalue weighted by Gasteiger charge is -2.16. The van der Waals surface area contributed by atoms with Crippen LogP contribution in [0.15, 0.2) is 0 Å². The maximum absolute atomic E-state index is 6.47. The van der Waals surface area contributed by atoms with E-state index in [-0.39, 0.29) is 0 Å². The minimum absolute atomic E-state index is 1.10. The van der Waals surface area contributed by atoms with Crippen LogP contribution in [0.3, 0.4) is 0 Å². The number of rotatable bonds is 12. The van der Waals surface area contributed by atoms with Crippen molar-refractivity contribution in [2.75, 3.05) is 0 Å². The van der Waals surface area contributed by atoms with Crippen LogP contribution in [0, 0.1) is 0 Å². The SMILES string of the molecule is CCCCCCC[Si](Cl)(Cl)CCCCCCC. The van der Waals surface area contributed by atoms with Crippen LogP contribution in [-0.4, -0.2) is 6.69 Å². The Morgan fingerprint density at radius 1 is 0.588 bits per heavy atom. The monoisotopic (exact) mass is 296 g/mol. The van der Waals surface area contributed by atoms with Gasteiger partial charge in [-0.3, -0.25) is 0 Å². The van der Waals surface area contributed by atoms with E-state index in [1.807, 2.05) is 0 Å². The minimum atomic E-state index is -1.88. The third-order valence-electron chi connectivity index (χ3n) is 3.29. The molecule has 0 radical (unpaired) electrons. The molecule has 17 heavy (non-hydrogen) atoms. The first-order chi connectivity index (χ1) is 8.12. The first kappa shape index (κ1) is 17.8. The zero-order chi connectivity index (χ0) is 13.0. The zero-order valence-electron chi connectivity index (χ0n) is 11.7. The molecule has 0 aromatic rings. The van der Waals surface area contributed by atoms with Crippen molar-refractivity contribution in [1.82, 2.24) is 0 Å². The smallest absolute Gasteiger partial charge is 0.146 e. The largest absolute Gasteiger partial charge is 0.251 e. The summed E-state index contributed by atoms with van der Waals surface area (Å²) in [5, 5.41) is 0. The van der Waals surface area contributed by atoms with Crippen LogP contribution in [0.2, 0.25) is 12.1 Å². The van der Waals surface area contributed by atoms with E-state index in [4.69, 9.17) is 22.2 Å². The molecule has 0 aromatic heterocycles. The molecule has 0 aliphatic carbocycles. The van der Waals surface area contributed by atoms with Gasteiger partial charge in [0.25, 0.3) is 6.69 Å². The second kappa shape index (κ2) is 11.9. The van der Waals surface area contributed by atoms with Gasteiger partial charge in [-0.1, -0.05) is 78.1 Å². The van der Waals surface area contributed by atoms with Gasteiger partial charge < -0.3 is 0 Å². The quantitative estimate of drug-likeness (QED) is 0.210. The Morgan fingerprint density at radius 3 is 1.29 bits per heavy atom. The summed E-state index contributed by atoms with van der Waals surface area (Å²) in [4.78, 5) is 0. The molecule has 0 saturated carbocycles. The van der Waals surface area contributed by atoms with Crippen molar-refractivity contribution in [2.45, 2.75) is 90.1 Å². The highest BCUT2D eigenvalue weighted by atomic mass is 35.7. The lowest BCUT2D eigenvalue weighted by Crippen LogP contribution is -2.18. The summed E-state index contributed by atoms with van der Waals surface area (Å²) in [5.74, 6) is 0. The summed E-state index contributed by atoms with van der Waals surface area (Å²) in [6, 6.07) is 2.21. The number of hydrogen-bond acceptors (Lipinski definition) is 0. The minimum Gasteiger partial charge on any atom is -0.146 e. The molecular weight excluding hydrogens is 267 g/mol. The Bertz CT molecular complexity index is 144. The summed E-state index contributed by atoms with van der Waals surface area (Å²) in [7, 11) is 0. The van der Waals surface area contributed by atoms with Crippen LogP contribution >= 0.6 is 22.2 Å². The third-order valence-corrected chi connectivity index (χ3v) is 7.73. The third kappa shape index (κ3) is 13.0. The first-order valence-corrected chi connectivity index (χ1v) is 11.9. The molecule has 0 heterocycles. The molecule has 0 aliphatic heterocycles. The molecule has 0 spiro atoms. The predicted octanol–water partition coefficient (Wildman–Crippen LogP) is 6.85. The number of hydrogen-bond donors (Lipinski definition) is 0. The second-order valence-electron chi connectivity index (χ2n) is 5.18. The van der Waals surface area contributed by atoms with E-state index in [1.54, 1.807) is 0 Å². The summed E-state index contributed by atoms with van der Waals surface area (Å²) in [6.07, 6.45) is 13.2. The molecular formula is C14H30Cl2Si. The van der Waals surface area contributed by atoms with Crippen LogP contribution in [-0.2, 0) is 0 Å². The van der Waals surface area contributed by atoms with E-state index in [9.17, 15) is 0 Å². The average molecular weight is 297 g/mol. The lowest BCUT2D eigenvalue weighted by molar-refractivity contribution is 0.646. The molecule has 0 bridgehead atoms. The van der Waals surface area contributed by atoms with Gasteiger partial charge >= 0.3 is 0 Å². The Kier molecular flexibility index (Phi) is 12.4. The van der Waals surface area contributed by atoms with Gasteiger partial charge in [0.1, 0.15) is 0 Å². The fourth-order valence-corrected chi connectivity index (χ4v) is 5.49. The van der Waals surface area contributed by atoms with E-state index >= 15 is 0 Å². The molecule has 0 N–H and O–H groups in total. The van der Waals surface area contributed by atoms with Gasteiger partial charge in [0, 0.05) is 0 Å². The Labute approximate surface area is 119 Å². The van der Waals surface area contributed by atoms with E-state index < -0.39 is 6.69 Å². The van der Waals surface area contributed by atoms with Gasteiger partial charge in [-0.15, -0.1) is 22.2 Å². The second-order valence-corrected chi connectivity index (χ2v) is 12.8. The molecule has 0 aliphatic rings. The highest BCUT2D eigenvalue weighted by molar-refractivity contribution is 7.45. The Hall–Kier alpha value is 0.797. The van der Waals surface area contributed by atoms with Crippen molar-refractivity contribution >= 4 is 28.9 Å². The Balaban J connectivity index is 3.38. The maximum atomic E-state index is 6.47. The van der Waals surface area contributed by atoms with Gasteiger partial charge in [-0.05, 0) is 12.1 Å². The molecule has 0 aromatic carbocycles. The van der Waals surface area contributed by atoms with Crippen LogP contribution < -0.4 is 0 Å². The van der Waals surface area contributed by atoms with Gasteiger partial charge in [0.2, 0.25) is 0 Å². The molecule has 0 atom stereocenters. The molecule has 3 heteroatoms. The van der Waals surface area contributed by atoms with Crippen molar-refractivity contribution < 1.29 is 0 Å². The first-order valence-electron chi connectivity index (χ1n) is 7.50. The molecule has 0 nitrogen and oxygen atoms in total. The van der Waals surface area contributed by atoms with Crippen molar-refractivity contribution in [2.24, 2.45) is 0 Å². The summed E-state index contributed by atoms with van der Waals surface area (Å²) in [5.41, 5.74) is 0. The van der Waals surface area contributed by atoms with Gasteiger partial charge in [0.15, 0.2) is 0 Å².